The number of hydrogen-bond donors (Lipinski definition) is 2. The Labute approximate surface area is 208 Å². The van der Waals surface area contributed by atoms with E-state index in [0.717, 1.165) is 70.9 Å². The van der Waals surface area contributed by atoms with Gasteiger partial charge in [-0.2, -0.15) is 26.3 Å². The van der Waals surface area contributed by atoms with Crippen molar-refractivity contribution in [2.75, 3.05) is 53.1 Å². The summed E-state index contributed by atoms with van der Waals surface area (Å²) in [6.07, 6.45) is -7.96. The van der Waals surface area contributed by atoms with Gasteiger partial charge in [0.25, 0.3) is 0 Å². The zero-order valence-corrected chi connectivity index (χ0v) is 19.9. The molecule has 2 N–H and O–H groups in total. The predicted octanol–water partition coefficient (Wildman–Crippen LogP) is 3.41. The molecule has 0 aliphatic carbocycles. The molecular weight excluding hydrogens is 521 g/mol. The van der Waals surface area contributed by atoms with E-state index in [1.54, 1.807) is 19.2 Å². The summed E-state index contributed by atoms with van der Waals surface area (Å²) >= 11 is 0. The summed E-state index contributed by atoms with van der Waals surface area (Å²) in [6, 6.07) is 6.93. The molecule has 15 heteroatoms. The quantitative estimate of drug-likeness (QED) is 0.539. The van der Waals surface area contributed by atoms with Crippen LogP contribution in [0.25, 0.3) is 0 Å². The molecule has 0 atom stereocenters. The number of piperidine rings is 1. The Morgan fingerprint density at radius 2 is 1.57 bits per heavy atom. The number of halogens is 7. The number of likely N-dealkylation sites (tertiary alicyclic amines) is 1. The van der Waals surface area contributed by atoms with Gasteiger partial charge in [0, 0.05) is 45.4 Å². The molecular formula is C22H29F7N2O6. The number of carboxylic acid groups (broad SMARTS) is 2. The second-order valence-electron chi connectivity index (χ2n) is 8.27. The summed E-state index contributed by atoms with van der Waals surface area (Å²) in [4.78, 5) is 22.8. The van der Waals surface area contributed by atoms with Crippen molar-refractivity contribution >= 4 is 11.9 Å². The molecule has 1 aromatic carbocycles. The van der Waals surface area contributed by atoms with Gasteiger partial charge in [-0.25, -0.2) is 14.0 Å². The van der Waals surface area contributed by atoms with Crippen molar-refractivity contribution in [1.82, 2.24) is 9.80 Å². The van der Waals surface area contributed by atoms with E-state index in [1.807, 2.05) is 6.07 Å². The van der Waals surface area contributed by atoms with Gasteiger partial charge in [0.15, 0.2) is 0 Å². The van der Waals surface area contributed by atoms with Gasteiger partial charge in [0.2, 0.25) is 0 Å². The van der Waals surface area contributed by atoms with Gasteiger partial charge in [0.1, 0.15) is 5.82 Å². The lowest BCUT2D eigenvalue weighted by Crippen LogP contribution is -2.61. The molecule has 0 unspecified atom stereocenters. The van der Waals surface area contributed by atoms with Crippen molar-refractivity contribution < 1.29 is 60.0 Å². The van der Waals surface area contributed by atoms with Crippen molar-refractivity contribution in [2.45, 2.75) is 37.3 Å². The summed E-state index contributed by atoms with van der Waals surface area (Å²) < 4.78 is 87.8. The Balaban J connectivity index is 0.000000404. The Bertz CT molecular complexity index is 835. The first kappa shape index (κ1) is 32.5. The molecule has 2 saturated heterocycles. The highest BCUT2D eigenvalue weighted by molar-refractivity contribution is 5.73. The van der Waals surface area contributed by atoms with Gasteiger partial charge in [-0.1, -0.05) is 12.1 Å². The lowest BCUT2D eigenvalue weighted by molar-refractivity contribution is -0.193. The van der Waals surface area contributed by atoms with Gasteiger partial charge in [0.05, 0.1) is 19.8 Å². The summed E-state index contributed by atoms with van der Waals surface area (Å²) in [5.41, 5.74) is 1.21. The van der Waals surface area contributed by atoms with Crippen LogP contribution >= 0.6 is 0 Å². The minimum absolute atomic E-state index is 0.151. The smallest absolute Gasteiger partial charge is 0.475 e. The second kappa shape index (κ2) is 14.4. The molecule has 212 valence electrons. The molecule has 0 radical (unpaired) electrons. The topological polar surface area (TPSA) is 99.5 Å². The third-order valence-corrected chi connectivity index (χ3v) is 5.68. The fourth-order valence-corrected chi connectivity index (χ4v) is 3.80. The van der Waals surface area contributed by atoms with E-state index < -0.39 is 24.3 Å². The highest BCUT2D eigenvalue weighted by atomic mass is 19.4. The fourth-order valence-electron chi connectivity index (χ4n) is 3.80. The van der Waals surface area contributed by atoms with Gasteiger partial charge < -0.3 is 19.7 Å². The van der Waals surface area contributed by atoms with Crippen molar-refractivity contribution in [3.63, 3.8) is 0 Å². The third kappa shape index (κ3) is 11.6. The van der Waals surface area contributed by atoms with Crippen LogP contribution in [0.5, 0.6) is 0 Å². The number of alkyl halides is 6. The summed E-state index contributed by atoms with van der Waals surface area (Å²) in [6.45, 7) is 7.27. The first-order valence-corrected chi connectivity index (χ1v) is 11.0. The molecule has 0 aromatic heterocycles. The number of benzene rings is 1. The number of methoxy groups -OCH3 is 1. The van der Waals surface area contributed by atoms with E-state index in [4.69, 9.17) is 29.3 Å². The normalized spacial score (nSPS) is 18.3. The number of aliphatic carboxylic acids is 2. The van der Waals surface area contributed by atoms with Crippen molar-refractivity contribution in [2.24, 2.45) is 0 Å². The van der Waals surface area contributed by atoms with E-state index in [0.29, 0.717) is 0 Å². The maximum atomic E-state index is 13.3. The van der Waals surface area contributed by atoms with E-state index in [-0.39, 0.29) is 11.4 Å². The van der Waals surface area contributed by atoms with Crippen LogP contribution in [0.4, 0.5) is 30.7 Å². The first-order valence-electron chi connectivity index (χ1n) is 11.0. The molecule has 1 spiro atoms. The number of nitrogens with zero attached hydrogens (tertiary/aromatic N) is 2. The average molecular weight is 550 g/mol. The Hall–Kier alpha value is -2.49. The number of rotatable bonds is 5. The van der Waals surface area contributed by atoms with Crippen LogP contribution in [0.3, 0.4) is 0 Å². The minimum atomic E-state index is -5.08. The zero-order valence-electron chi connectivity index (χ0n) is 19.9. The molecule has 0 bridgehead atoms. The monoisotopic (exact) mass is 550 g/mol. The molecule has 0 amide bonds. The molecule has 2 aliphatic heterocycles. The third-order valence-electron chi connectivity index (χ3n) is 5.68. The van der Waals surface area contributed by atoms with Crippen molar-refractivity contribution in [3.05, 3.63) is 35.6 Å². The number of carbonyl (C=O) groups is 2. The standard InChI is InChI=1S/C18H27FN2O2.2C2HF3O2/c1-22-11-9-21-10-12-23-15-18(21)5-7-20(8-6-18)14-16-3-2-4-17(19)13-16;2*3-2(4,5)1(6)7/h2-4,13H,5-12,14-15H2,1H3;2*(H,6,7). The number of carboxylic acids is 2. The molecule has 37 heavy (non-hydrogen) atoms. The number of ether oxygens (including phenoxy) is 2. The average Bonchev–Trinajstić information content (AvgIpc) is 2.80. The van der Waals surface area contributed by atoms with Crippen LogP contribution in [-0.2, 0) is 25.6 Å². The lowest BCUT2D eigenvalue weighted by atomic mass is 9.85. The predicted molar refractivity (Wildman–Crippen MR) is 115 cm³/mol. The van der Waals surface area contributed by atoms with Gasteiger partial charge in [-0.15, -0.1) is 0 Å². The maximum absolute atomic E-state index is 13.3. The summed E-state index contributed by atoms with van der Waals surface area (Å²) in [5.74, 6) is -5.66. The molecule has 3 rings (SSSR count). The fraction of sp³-hybridized carbons (Fsp3) is 0.636. The van der Waals surface area contributed by atoms with Gasteiger partial charge in [-0.05, 0) is 30.5 Å². The van der Waals surface area contributed by atoms with Gasteiger partial charge >= 0.3 is 24.3 Å². The SMILES string of the molecule is COCCN1CCOCC12CCN(Cc1cccc(F)c1)CC2.O=C(O)C(F)(F)F.O=C(O)C(F)(F)F. The van der Waals surface area contributed by atoms with Crippen LogP contribution in [0.2, 0.25) is 0 Å². The Morgan fingerprint density at radius 3 is 2.03 bits per heavy atom. The van der Waals surface area contributed by atoms with Crippen LogP contribution in [0.1, 0.15) is 18.4 Å². The van der Waals surface area contributed by atoms with E-state index in [2.05, 4.69) is 9.80 Å². The molecule has 2 fully saturated rings. The molecule has 1 aromatic rings. The molecule has 0 saturated carbocycles. The Morgan fingerprint density at radius 1 is 1.03 bits per heavy atom. The van der Waals surface area contributed by atoms with Crippen molar-refractivity contribution in [1.29, 1.82) is 0 Å². The zero-order chi connectivity index (χ0) is 28.3. The van der Waals surface area contributed by atoms with E-state index >= 15 is 0 Å². The molecule has 8 nitrogen and oxygen atoms in total. The van der Waals surface area contributed by atoms with Crippen LogP contribution in [-0.4, -0.2) is 103 Å². The largest absolute Gasteiger partial charge is 0.490 e. The number of hydrogen-bond acceptors (Lipinski definition) is 6. The van der Waals surface area contributed by atoms with Crippen LogP contribution in [0.15, 0.2) is 24.3 Å². The minimum Gasteiger partial charge on any atom is -0.475 e. The van der Waals surface area contributed by atoms with Gasteiger partial charge in [-0.3, -0.25) is 9.80 Å². The lowest BCUT2D eigenvalue weighted by Gasteiger charge is -2.51. The van der Waals surface area contributed by atoms with Crippen LogP contribution < -0.4 is 0 Å². The second-order valence-corrected chi connectivity index (χ2v) is 8.27. The first-order chi connectivity index (χ1) is 17.1. The Kier molecular flexibility index (Phi) is 12.7. The number of morpholine rings is 1. The van der Waals surface area contributed by atoms with E-state index in [9.17, 15) is 30.7 Å². The summed E-state index contributed by atoms with van der Waals surface area (Å²) in [7, 11) is 1.76. The van der Waals surface area contributed by atoms with E-state index in [1.165, 1.54) is 6.07 Å². The summed E-state index contributed by atoms with van der Waals surface area (Å²) in [5, 5.41) is 14.2. The van der Waals surface area contributed by atoms with Crippen molar-refractivity contribution in [3.8, 4) is 0 Å². The highest BCUT2D eigenvalue weighted by Gasteiger charge is 2.42. The molecule has 2 aliphatic rings. The highest BCUT2D eigenvalue weighted by Crippen LogP contribution is 2.32. The maximum Gasteiger partial charge on any atom is 0.490 e. The molecule has 2 heterocycles. The van der Waals surface area contributed by atoms with Crippen LogP contribution in [0, 0.1) is 5.82 Å².